The van der Waals surface area contributed by atoms with Crippen molar-refractivity contribution in [2.45, 2.75) is 5.08 Å². The first-order valence-electron chi connectivity index (χ1n) is 4.85. The van der Waals surface area contributed by atoms with Crippen LogP contribution in [0.1, 0.15) is 5.56 Å². The fourth-order valence-electron chi connectivity index (χ4n) is 1.69. The predicted molar refractivity (Wildman–Crippen MR) is 63.2 cm³/mol. The second-order valence-electron chi connectivity index (χ2n) is 3.80. The summed E-state index contributed by atoms with van der Waals surface area (Å²) in [7, 11) is -11.1. The zero-order valence-corrected chi connectivity index (χ0v) is 11.0. The van der Waals surface area contributed by atoms with Crippen molar-refractivity contribution in [3.8, 4) is 0 Å². The number of fused-ring (bicyclic) bond motifs is 1. The van der Waals surface area contributed by atoms with Crippen LogP contribution in [0, 0.1) is 0 Å². The van der Waals surface area contributed by atoms with Crippen molar-refractivity contribution in [1.29, 1.82) is 0 Å². The molecule has 104 valence electrons. The van der Waals surface area contributed by atoms with Crippen LogP contribution in [0.15, 0.2) is 30.7 Å². The van der Waals surface area contributed by atoms with Crippen LogP contribution in [0.4, 0.5) is 0 Å². The molecule has 0 fully saturated rings. The van der Waals surface area contributed by atoms with Crippen molar-refractivity contribution in [1.82, 2.24) is 9.38 Å². The molecule has 0 aliphatic heterocycles. The highest BCUT2D eigenvalue weighted by Crippen LogP contribution is 2.73. The number of hydrogen-bond donors (Lipinski definition) is 5. The third kappa shape index (κ3) is 2.05. The molecule has 0 saturated carbocycles. The molecular weight excluding hydrogens is 298 g/mol. The van der Waals surface area contributed by atoms with Crippen LogP contribution in [0.25, 0.3) is 5.65 Å². The summed E-state index contributed by atoms with van der Waals surface area (Å²) >= 11 is 0. The van der Waals surface area contributed by atoms with E-state index in [1.165, 1.54) is 29.1 Å². The molecule has 0 bridgehead atoms. The van der Waals surface area contributed by atoms with Gasteiger partial charge in [-0.1, -0.05) is 0 Å². The van der Waals surface area contributed by atoms with Gasteiger partial charge in [0.25, 0.3) is 5.08 Å². The highest BCUT2D eigenvalue weighted by atomic mass is 31.2. The van der Waals surface area contributed by atoms with Crippen molar-refractivity contribution < 1.29 is 33.8 Å². The standard InChI is InChI=1S/C8H10N2O7P2/c11-8(18(12,13)14,19(15,16)17)6-2-1-4-10-5-3-9-7(6)10/h1-5,11H,(H2,12,13,14)(H2,15,16,17). The molecule has 0 spiro atoms. The molecule has 0 unspecified atom stereocenters. The van der Waals surface area contributed by atoms with E-state index in [4.69, 9.17) is 19.6 Å². The maximum Gasteiger partial charge on any atom is 0.374 e. The minimum absolute atomic E-state index is 0.156. The summed E-state index contributed by atoms with van der Waals surface area (Å²) in [6.45, 7) is 0. The van der Waals surface area contributed by atoms with E-state index in [1.54, 1.807) is 0 Å². The van der Waals surface area contributed by atoms with Crippen LogP contribution in [0.2, 0.25) is 0 Å². The maximum atomic E-state index is 11.4. The first-order chi connectivity index (χ1) is 8.59. The first kappa shape index (κ1) is 14.4. The third-order valence-corrected chi connectivity index (χ3v) is 6.26. The molecule has 2 rings (SSSR count). The van der Waals surface area contributed by atoms with Gasteiger partial charge < -0.3 is 29.1 Å². The Bertz CT molecular complexity index is 693. The summed E-state index contributed by atoms with van der Waals surface area (Å²) in [6, 6.07) is 2.28. The van der Waals surface area contributed by atoms with E-state index in [-0.39, 0.29) is 5.65 Å². The Morgan fingerprint density at radius 1 is 1.11 bits per heavy atom. The molecule has 2 heterocycles. The lowest BCUT2D eigenvalue weighted by Crippen LogP contribution is -2.26. The smallest absolute Gasteiger partial charge is 0.364 e. The number of imidazole rings is 1. The van der Waals surface area contributed by atoms with Crippen LogP contribution in [-0.4, -0.2) is 34.1 Å². The molecule has 0 aliphatic carbocycles. The number of pyridine rings is 1. The number of nitrogens with zero attached hydrogens (tertiary/aromatic N) is 2. The molecule has 2 aromatic rings. The minimum atomic E-state index is -5.57. The number of rotatable bonds is 3. The second-order valence-corrected chi connectivity index (χ2v) is 7.63. The van der Waals surface area contributed by atoms with E-state index in [1.807, 2.05) is 0 Å². The normalized spacial score (nSPS) is 13.9. The van der Waals surface area contributed by atoms with E-state index in [0.29, 0.717) is 0 Å². The van der Waals surface area contributed by atoms with E-state index in [2.05, 4.69) is 4.98 Å². The Morgan fingerprint density at radius 3 is 2.21 bits per heavy atom. The summed E-state index contributed by atoms with van der Waals surface area (Å²) in [6.07, 6.45) is 4.11. The molecule has 0 aliphatic rings. The molecule has 11 heteroatoms. The van der Waals surface area contributed by atoms with Crippen molar-refractivity contribution >= 4 is 20.8 Å². The van der Waals surface area contributed by atoms with Gasteiger partial charge in [-0.05, 0) is 12.1 Å². The summed E-state index contributed by atoms with van der Waals surface area (Å²) in [5.41, 5.74) is -0.793. The molecule has 5 N–H and O–H groups in total. The highest BCUT2D eigenvalue weighted by molar-refractivity contribution is 7.71. The Balaban J connectivity index is 2.88. The Morgan fingerprint density at radius 2 is 1.68 bits per heavy atom. The van der Waals surface area contributed by atoms with E-state index in [0.717, 1.165) is 6.07 Å². The molecular formula is C8H10N2O7P2. The van der Waals surface area contributed by atoms with Gasteiger partial charge >= 0.3 is 15.2 Å². The number of hydrogen-bond acceptors (Lipinski definition) is 4. The average molecular weight is 308 g/mol. The van der Waals surface area contributed by atoms with Gasteiger partial charge in [-0.3, -0.25) is 9.13 Å². The lowest BCUT2D eigenvalue weighted by molar-refractivity contribution is 0.131. The summed E-state index contributed by atoms with van der Waals surface area (Å²) in [5, 5.41) is 6.36. The molecule has 9 nitrogen and oxygen atoms in total. The van der Waals surface area contributed by atoms with Crippen LogP contribution < -0.4 is 0 Å². The molecule has 19 heavy (non-hydrogen) atoms. The molecule has 2 aromatic heterocycles. The van der Waals surface area contributed by atoms with E-state index in [9.17, 15) is 14.2 Å². The van der Waals surface area contributed by atoms with E-state index >= 15 is 0 Å². The summed E-state index contributed by atoms with van der Waals surface area (Å²) in [4.78, 5) is 40.3. The van der Waals surface area contributed by atoms with Gasteiger partial charge in [0.1, 0.15) is 5.65 Å². The zero-order chi connectivity index (χ0) is 14.5. The maximum absolute atomic E-state index is 11.4. The highest BCUT2D eigenvalue weighted by Gasteiger charge is 2.61. The average Bonchev–Trinajstić information content (AvgIpc) is 2.72. The molecule has 0 saturated heterocycles. The van der Waals surface area contributed by atoms with Crippen molar-refractivity contribution in [2.24, 2.45) is 0 Å². The van der Waals surface area contributed by atoms with Gasteiger partial charge in [0, 0.05) is 18.6 Å². The SMILES string of the molecule is O=P(O)(O)C(O)(c1cccn2ccnc12)P(=O)(O)O. The van der Waals surface area contributed by atoms with Gasteiger partial charge in [0.2, 0.25) is 0 Å². The molecule has 0 atom stereocenters. The van der Waals surface area contributed by atoms with Crippen LogP contribution in [0.3, 0.4) is 0 Å². The summed E-state index contributed by atoms with van der Waals surface area (Å²) in [5.74, 6) is 0. The van der Waals surface area contributed by atoms with Crippen molar-refractivity contribution in [3.05, 3.63) is 36.3 Å². The molecule has 0 amide bonds. The zero-order valence-electron chi connectivity index (χ0n) is 9.23. The number of aliphatic hydroxyl groups is 1. The van der Waals surface area contributed by atoms with Crippen LogP contribution in [0.5, 0.6) is 0 Å². The fourth-order valence-corrected chi connectivity index (χ4v) is 4.03. The quantitative estimate of drug-likeness (QED) is 0.488. The minimum Gasteiger partial charge on any atom is -0.364 e. The van der Waals surface area contributed by atoms with Gasteiger partial charge in [0.05, 0.1) is 5.56 Å². The Hall–Kier alpha value is -1.05. The van der Waals surface area contributed by atoms with Crippen molar-refractivity contribution in [3.63, 3.8) is 0 Å². The lowest BCUT2D eigenvalue weighted by atomic mass is 10.3. The van der Waals surface area contributed by atoms with Gasteiger partial charge in [0.15, 0.2) is 0 Å². The van der Waals surface area contributed by atoms with E-state index < -0.39 is 25.8 Å². The topological polar surface area (TPSA) is 153 Å². The number of aromatic nitrogens is 2. The summed E-state index contributed by atoms with van der Waals surface area (Å²) < 4.78 is 24.0. The lowest BCUT2D eigenvalue weighted by Gasteiger charge is -2.29. The largest absolute Gasteiger partial charge is 0.374 e. The fraction of sp³-hybridized carbons (Fsp3) is 0.125. The monoisotopic (exact) mass is 308 g/mol. The molecule has 0 radical (unpaired) electrons. The molecule has 0 aromatic carbocycles. The Kier molecular flexibility index (Phi) is 3.19. The predicted octanol–water partition coefficient (Wildman–Crippen LogP) is -0.208. The Labute approximate surface area is 106 Å². The van der Waals surface area contributed by atoms with Gasteiger partial charge in [-0.25, -0.2) is 4.98 Å². The van der Waals surface area contributed by atoms with Crippen LogP contribution >= 0.6 is 15.2 Å². The van der Waals surface area contributed by atoms with Gasteiger partial charge in [-0.2, -0.15) is 0 Å². The van der Waals surface area contributed by atoms with Crippen LogP contribution in [-0.2, 0) is 14.2 Å². The first-order valence-corrected chi connectivity index (χ1v) is 8.07. The van der Waals surface area contributed by atoms with Crippen molar-refractivity contribution in [2.75, 3.05) is 0 Å². The third-order valence-electron chi connectivity index (χ3n) is 2.59. The second kappa shape index (κ2) is 4.22. The van der Waals surface area contributed by atoms with Gasteiger partial charge in [-0.15, -0.1) is 0 Å².